The summed E-state index contributed by atoms with van der Waals surface area (Å²) in [6, 6.07) is 10.2. The molecule has 7 heteroatoms. The summed E-state index contributed by atoms with van der Waals surface area (Å²) in [6.07, 6.45) is 0. The summed E-state index contributed by atoms with van der Waals surface area (Å²) in [5.41, 5.74) is 8.22. The van der Waals surface area contributed by atoms with Crippen LogP contribution in [0.4, 0.5) is 10.1 Å². The van der Waals surface area contributed by atoms with Gasteiger partial charge in [-0.2, -0.15) is 4.68 Å². The van der Waals surface area contributed by atoms with Gasteiger partial charge in [-0.3, -0.25) is 0 Å². The number of halogens is 2. The van der Waals surface area contributed by atoms with E-state index in [2.05, 4.69) is 31.5 Å². The van der Waals surface area contributed by atoms with Gasteiger partial charge in [0.05, 0.1) is 11.4 Å². The molecule has 3 aromatic rings. The average Bonchev–Trinajstić information content (AvgIpc) is 2.94. The van der Waals surface area contributed by atoms with Gasteiger partial charge in [0.1, 0.15) is 5.82 Å². The number of aromatic nitrogens is 4. The van der Waals surface area contributed by atoms with Crippen molar-refractivity contribution in [1.82, 2.24) is 20.2 Å². The van der Waals surface area contributed by atoms with Crippen molar-refractivity contribution in [2.75, 3.05) is 5.73 Å². The lowest BCUT2D eigenvalue weighted by atomic mass is 10.1. The van der Waals surface area contributed by atoms with Crippen LogP contribution in [-0.4, -0.2) is 20.2 Å². The zero-order valence-electron chi connectivity index (χ0n) is 11.1. The zero-order chi connectivity index (χ0) is 15.0. The Morgan fingerprint density at radius 1 is 1.19 bits per heavy atom. The molecular formula is C14H11BrFN5. The molecule has 2 aromatic carbocycles. The first-order valence-electron chi connectivity index (χ1n) is 6.16. The highest BCUT2D eigenvalue weighted by Crippen LogP contribution is 2.25. The quantitative estimate of drug-likeness (QED) is 0.723. The SMILES string of the molecule is Cc1ccc(-n2nnnc2-c2ccc(F)c(N)c2)cc1Br. The van der Waals surface area contributed by atoms with Crippen molar-refractivity contribution in [1.29, 1.82) is 0 Å². The lowest BCUT2D eigenvalue weighted by Crippen LogP contribution is -2.01. The Morgan fingerprint density at radius 3 is 2.71 bits per heavy atom. The Morgan fingerprint density at radius 2 is 2.00 bits per heavy atom. The van der Waals surface area contributed by atoms with Crippen LogP contribution in [0.3, 0.4) is 0 Å². The maximum absolute atomic E-state index is 13.3. The van der Waals surface area contributed by atoms with Crippen LogP contribution < -0.4 is 5.73 Å². The molecule has 0 amide bonds. The van der Waals surface area contributed by atoms with Gasteiger partial charge >= 0.3 is 0 Å². The van der Waals surface area contributed by atoms with Gasteiger partial charge in [-0.05, 0) is 53.2 Å². The molecule has 0 spiro atoms. The Hall–Kier alpha value is -2.28. The monoisotopic (exact) mass is 347 g/mol. The van der Waals surface area contributed by atoms with Gasteiger partial charge in [0.25, 0.3) is 0 Å². The molecule has 0 aliphatic rings. The van der Waals surface area contributed by atoms with Gasteiger partial charge in [0.15, 0.2) is 5.82 Å². The minimum Gasteiger partial charge on any atom is -0.396 e. The number of hydrogen-bond donors (Lipinski definition) is 1. The second kappa shape index (κ2) is 5.25. The number of benzene rings is 2. The van der Waals surface area contributed by atoms with Crippen LogP contribution in [0, 0.1) is 12.7 Å². The third-order valence-corrected chi connectivity index (χ3v) is 3.98. The van der Waals surface area contributed by atoms with E-state index >= 15 is 0 Å². The van der Waals surface area contributed by atoms with E-state index in [0.717, 1.165) is 15.7 Å². The molecule has 1 aromatic heterocycles. The Labute approximate surface area is 128 Å². The number of anilines is 1. The standard InChI is InChI=1S/C14H11BrFN5/c1-8-2-4-10(7-11(8)15)21-14(18-19-20-21)9-3-5-12(16)13(17)6-9/h2-7H,17H2,1H3. The number of rotatable bonds is 2. The smallest absolute Gasteiger partial charge is 0.187 e. The van der Waals surface area contributed by atoms with Crippen LogP contribution in [0.15, 0.2) is 40.9 Å². The number of nitrogens with zero attached hydrogens (tertiary/aromatic N) is 4. The van der Waals surface area contributed by atoms with Crippen LogP contribution in [-0.2, 0) is 0 Å². The molecule has 0 atom stereocenters. The van der Waals surface area contributed by atoms with Crippen molar-refractivity contribution in [3.63, 3.8) is 0 Å². The minimum absolute atomic E-state index is 0.0622. The van der Waals surface area contributed by atoms with Gasteiger partial charge in [-0.1, -0.05) is 22.0 Å². The van der Waals surface area contributed by atoms with Gasteiger partial charge < -0.3 is 5.73 Å². The first-order chi connectivity index (χ1) is 10.1. The lowest BCUT2D eigenvalue weighted by Gasteiger charge is -2.07. The Bertz CT molecular complexity index is 749. The number of nitrogens with two attached hydrogens (primary N) is 1. The van der Waals surface area contributed by atoms with Crippen molar-refractivity contribution in [2.45, 2.75) is 6.92 Å². The second-order valence-electron chi connectivity index (χ2n) is 4.58. The predicted molar refractivity (Wildman–Crippen MR) is 81.4 cm³/mol. The van der Waals surface area contributed by atoms with Crippen LogP contribution in [0.25, 0.3) is 17.1 Å². The molecule has 0 unspecified atom stereocenters. The molecule has 0 radical (unpaired) electrons. The van der Waals surface area contributed by atoms with E-state index < -0.39 is 5.82 Å². The third-order valence-electron chi connectivity index (χ3n) is 3.12. The Kier molecular flexibility index (Phi) is 3.42. The van der Waals surface area contributed by atoms with Crippen molar-refractivity contribution in [3.8, 4) is 17.1 Å². The van der Waals surface area contributed by atoms with Crippen LogP contribution >= 0.6 is 15.9 Å². The predicted octanol–water partition coefficient (Wildman–Crippen LogP) is 3.12. The lowest BCUT2D eigenvalue weighted by molar-refractivity contribution is 0.632. The Balaban J connectivity index is 2.12. The van der Waals surface area contributed by atoms with Crippen LogP contribution in [0.5, 0.6) is 0 Å². The summed E-state index contributed by atoms with van der Waals surface area (Å²) >= 11 is 3.48. The fourth-order valence-corrected chi connectivity index (χ4v) is 2.30. The summed E-state index contributed by atoms with van der Waals surface area (Å²) < 4.78 is 15.8. The summed E-state index contributed by atoms with van der Waals surface area (Å²) in [6.45, 7) is 2.00. The van der Waals surface area contributed by atoms with E-state index in [1.165, 1.54) is 12.1 Å². The van der Waals surface area contributed by atoms with Crippen LogP contribution in [0.1, 0.15) is 5.56 Å². The topological polar surface area (TPSA) is 69.6 Å². The molecular weight excluding hydrogens is 337 g/mol. The maximum atomic E-state index is 13.3. The number of tetrazole rings is 1. The zero-order valence-corrected chi connectivity index (χ0v) is 12.7. The molecule has 0 bridgehead atoms. The maximum Gasteiger partial charge on any atom is 0.187 e. The molecule has 2 N–H and O–H groups in total. The van der Waals surface area contributed by atoms with Crippen molar-refractivity contribution < 1.29 is 4.39 Å². The van der Waals surface area contributed by atoms with Gasteiger partial charge in [0, 0.05) is 10.0 Å². The van der Waals surface area contributed by atoms with E-state index in [1.54, 1.807) is 10.7 Å². The molecule has 0 saturated heterocycles. The largest absolute Gasteiger partial charge is 0.396 e. The molecule has 106 valence electrons. The summed E-state index contributed by atoms with van der Waals surface area (Å²) in [7, 11) is 0. The summed E-state index contributed by atoms with van der Waals surface area (Å²) in [5, 5.41) is 11.7. The summed E-state index contributed by atoms with van der Waals surface area (Å²) in [5.74, 6) is 0.0355. The van der Waals surface area contributed by atoms with E-state index in [9.17, 15) is 4.39 Å². The number of aryl methyl sites for hydroxylation is 1. The van der Waals surface area contributed by atoms with E-state index in [-0.39, 0.29) is 5.69 Å². The van der Waals surface area contributed by atoms with Gasteiger partial charge in [0.2, 0.25) is 0 Å². The minimum atomic E-state index is -0.462. The van der Waals surface area contributed by atoms with Crippen molar-refractivity contribution >= 4 is 21.6 Å². The van der Waals surface area contributed by atoms with E-state index in [0.29, 0.717) is 11.4 Å². The number of nitrogen functional groups attached to an aromatic ring is 1. The molecule has 1 heterocycles. The first-order valence-corrected chi connectivity index (χ1v) is 6.96. The van der Waals surface area contributed by atoms with Crippen molar-refractivity contribution in [3.05, 3.63) is 52.3 Å². The molecule has 21 heavy (non-hydrogen) atoms. The fraction of sp³-hybridized carbons (Fsp3) is 0.0714. The normalized spacial score (nSPS) is 10.8. The molecule has 0 fully saturated rings. The second-order valence-corrected chi connectivity index (χ2v) is 5.44. The van der Waals surface area contributed by atoms with E-state index in [1.807, 2.05) is 25.1 Å². The van der Waals surface area contributed by atoms with E-state index in [4.69, 9.17) is 5.73 Å². The highest BCUT2D eigenvalue weighted by atomic mass is 79.9. The van der Waals surface area contributed by atoms with Gasteiger partial charge in [-0.25, -0.2) is 4.39 Å². The van der Waals surface area contributed by atoms with Crippen molar-refractivity contribution in [2.24, 2.45) is 0 Å². The van der Waals surface area contributed by atoms with Crippen LogP contribution in [0.2, 0.25) is 0 Å². The highest BCUT2D eigenvalue weighted by Gasteiger charge is 2.13. The molecule has 3 rings (SSSR count). The molecule has 5 nitrogen and oxygen atoms in total. The first kappa shape index (κ1) is 13.7. The average molecular weight is 348 g/mol. The highest BCUT2D eigenvalue weighted by molar-refractivity contribution is 9.10. The third kappa shape index (κ3) is 2.52. The molecule has 0 saturated carbocycles. The molecule has 0 aliphatic heterocycles. The van der Waals surface area contributed by atoms with Gasteiger partial charge in [-0.15, -0.1) is 5.10 Å². The number of hydrogen-bond acceptors (Lipinski definition) is 4. The fourth-order valence-electron chi connectivity index (χ4n) is 1.94. The summed E-state index contributed by atoms with van der Waals surface area (Å²) in [4.78, 5) is 0. The molecule has 0 aliphatic carbocycles.